The molecule has 0 fully saturated rings. The van der Waals surface area contributed by atoms with Gasteiger partial charge in [-0.15, -0.1) is 11.3 Å². The van der Waals surface area contributed by atoms with E-state index in [1.807, 2.05) is 11.3 Å². The fraction of sp³-hybridized carbons (Fsp3) is 0.778. The second-order valence-electron chi connectivity index (χ2n) is 6.32. The van der Waals surface area contributed by atoms with Crippen molar-refractivity contribution in [2.45, 2.75) is 90.0 Å². The fourth-order valence-electron chi connectivity index (χ4n) is 3.16. The van der Waals surface area contributed by atoms with Crippen molar-refractivity contribution in [3.8, 4) is 0 Å². The van der Waals surface area contributed by atoms with Crippen LogP contribution in [0.3, 0.4) is 0 Å². The highest BCUT2D eigenvalue weighted by atomic mass is 32.1. The average molecular weight is 294 g/mol. The van der Waals surface area contributed by atoms with E-state index in [0.717, 1.165) is 0 Å². The van der Waals surface area contributed by atoms with Gasteiger partial charge in [0.25, 0.3) is 0 Å². The topological polar surface area (TPSA) is 26.0 Å². The molecule has 1 aliphatic rings. The Balaban J connectivity index is 1.73. The number of thiophene rings is 1. The van der Waals surface area contributed by atoms with Crippen molar-refractivity contribution in [2.75, 3.05) is 0 Å². The maximum atomic E-state index is 6.40. The lowest BCUT2D eigenvalue weighted by atomic mass is 10.0. The molecular weight excluding hydrogens is 262 g/mol. The first-order chi connectivity index (χ1) is 9.81. The Morgan fingerprint density at radius 3 is 2.65 bits per heavy atom. The summed E-state index contributed by atoms with van der Waals surface area (Å²) in [7, 11) is 0. The molecule has 0 aliphatic heterocycles. The van der Waals surface area contributed by atoms with Crippen LogP contribution in [0, 0.1) is 0 Å². The molecule has 0 aromatic carbocycles. The average Bonchev–Trinajstić information content (AvgIpc) is 2.74. The lowest BCUT2D eigenvalue weighted by Gasteiger charge is -2.09. The summed E-state index contributed by atoms with van der Waals surface area (Å²) in [6, 6.07) is 2.71. The third-order valence-electron chi connectivity index (χ3n) is 4.50. The highest BCUT2D eigenvalue weighted by molar-refractivity contribution is 7.12. The Labute approximate surface area is 129 Å². The van der Waals surface area contributed by atoms with Crippen LogP contribution >= 0.6 is 11.3 Å². The van der Waals surface area contributed by atoms with Gasteiger partial charge in [0.05, 0.1) is 0 Å². The lowest BCUT2D eigenvalue weighted by molar-refractivity contribution is 0.551. The van der Waals surface area contributed by atoms with Crippen molar-refractivity contribution in [1.82, 2.24) is 0 Å². The van der Waals surface area contributed by atoms with Gasteiger partial charge in [0.1, 0.15) is 0 Å². The van der Waals surface area contributed by atoms with Crippen molar-refractivity contribution >= 4 is 11.3 Å². The highest BCUT2D eigenvalue weighted by Gasteiger charge is 2.15. The zero-order valence-corrected chi connectivity index (χ0v) is 13.9. The van der Waals surface area contributed by atoms with Gasteiger partial charge in [0.2, 0.25) is 0 Å². The van der Waals surface area contributed by atoms with Gasteiger partial charge in [-0.05, 0) is 43.7 Å². The van der Waals surface area contributed by atoms with Gasteiger partial charge >= 0.3 is 0 Å². The lowest BCUT2D eigenvalue weighted by Crippen LogP contribution is -2.08. The van der Waals surface area contributed by atoms with E-state index in [4.69, 9.17) is 5.73 Å². The third kappa shape index (κ3) is 4.89. The van der Waals surface area contributed by atoms with Crippen LogP contribution in [0.4, 0.5) is 0 Å². The second kappa shape index (κ2) is 8.84. The van der Waals surface area contributed by atoms with Gasteiger partial charge in [0, 0.05) is 15.8 Å². The molecule has 0 saturated heterocycles. The second-order valence-corrected chi connectivity index (χ2v) is 7.49. The number of hydrogen-bond donors (Lipinski definition) is 1. The molecule has 2 rings (SSSR count). The van der Waals surface area contributed by atoms with Crippen molar-refractivity contribution in [3.63, 3.8) is 0 Å². The van der Waals surface area contributed by atoms with Crippen molar-refractivity contribution in [1.29, 1.82) is 0 Å². The Bertz CT molecular complexity index is 359. The Hall–Kier alpha value is -0.340. The highest BCUT2D eigenvalue weighted by Crippen LogP contribution is 2.33. The predicted molar refractivity (Wildman–Crippen MR) is 90.5 cm³/mol. The maximum Gasteiger partial charge on any atom is 0.0389 e. The monoisotopic (exact) mass is 293 g/mol. The molecule has 1 heterocycles. The molecule has 114 valence electrons. The standard InChI is InChI=1S/C18H31NS/c1-2-3-4-5-6-9-12-16(19)18-14-15-11-8-7-10-13-17(15)20-18/h14,16H,2-13,19H2,1H3. The molecular formula is C18H31NS. The molecule has 0 spiro atoms. The maximum absolute atomic E-state index is 6.40. The minimum absolute atomic E-state index is 0.290. The zero-order chi connectivity index (χ0) is 14.2. The SMILES string of the molecule is CCCCCCCCC(N)c1cc2c(s1)CCCCC2. The first-order valence-corrected chi connectivity index (χ1v) is 9.50. The summed E-state index contributed by atoms with van der Waals surface area (Å²) in [5.74, 6) is 0. The third-order valence-corrected chi connectivity index (χ3v) is 5.87. The van der Waals surface area contributed by atoms with Crippen LogP contribution < -0.4 is 5.73 Å². The normalized spacial score (nSPS) is 16.7. The van der Waals surface area contributed by atoms with E-state index in [1.54, 1.807) is 10.4 Å². The number of rotatable bonds is 8. The van der Waals surface area contributed by atoms with E-state index in [9.17, 15) is 0 Å². The molecule has 2 heteroatoms. The van der Waals surface area contributed by atoms with Gasteiger partial charge in [0.15, 0.2) is 0 Å². The Kier molecular flexibility index (Phi) is 7.09. The minimum atomic E-state index is 0.290. The summed E-state index contributed by atoms with van der Waals surface area (Å²) < 4.78 is 0. The summed E-state index contributed by atoms with van der Waals surface area (Å²) in [6.07, 6.45) is 16.1. The summed E-state index contributed by atoms with van der Waals surface area (Å²) >= 11 is 2.00. The van der Waals surface area contributed by atoms with Crippen LogP contribution in [-0.4, -0.2) is 0 Å². The van der Waals surface area contributed by atoms with E-state index in [2.05, 4.69) is 13.0 Å². The van der Waals surface area contributed by atoms with E-state index in [-0.39, 0.29) is 6.04 Å². The molecule has 0 amide bonds. The van der Waals surface area contributed by atoms with E-state index in [0.29, 0.717) is 0 Å². The number of nitrogens with two attached hydrogens (primary N) is 1. The molecule has 1 aromatic heterocycles. The number of unbranched alkanes of at least 4 members (excludes halogenated alkanes) is 5. The van der Waals surface area contributed by atoms with Crippen molar-refractivity contribution in [2.24, 2.45) is 5.73 Å². The summed E-state index contributed by atoms with van der Waals surface area (Å²) in [6.45, 7) is 2.27. The van der Waals surface area contributed by atoms with Crippen LogP contribution in [0.1, 0.15) is 92.5 Å². The van der Waals surface area contributed by atoms with Crippen molar-refractivity contribution in [3.05, 3.63) is 21.4 Å². The molecule has 1 nitrogen and oxygen atoms in total. The Morgan fingerprint density at radius 1 is 1.05 bits per heavy atom. The molecule has 20 heavy (non-hydrogen) atoms. The molecule has 1 aliphatic carbocycles. The Morgan fingerprint density at radius 2 is 1.80 bits per heavy atom. The van der Waals surface area contributed by atoms with Gasteiger partial charge in [-0.25, -0.2) is 0 Å². The summed E-state index contributed by atoms with van der Waals surface area (Å²) in [5.41, 5.74) is 8.01. The van der Waals surface area contributed by atoms with Crippen LogP contribution in [0.5, 0.6) is 0 Å². The molecule has 1 unspecified atom stereocenters. The van der Waals surface area contributed by atoms with E-state index >= 15 is 0 Å². The molecule has 0 radical (unpaired) electrons. The molecule has 2 N–H and O–H groups in total. The first kappa shape index (κ1) is 16.0. The van der Waals surface area contributed by atoms with Crippen LogP contribution in [0.15, 0.2) is 6.07 Å². The first-order valence-electron chi connectivity index (χ1n) is 8.68. The minimum Gasteiger partial charge on any atom is -0.323 e. The molecule has 0 saturated carbocycles. The summed E-state index contributed by atoms with van der Waals surface area (Å²) in [5, 5.41) is 0. The molecule has 0 bridgehead atoms. The summed E-state index contributed by atoms with van der Waals surface area (Å²) in [4.78, 5) is 3.08. The predicted octanol–water partition coefficient (Wildman–Crippen LogP) is 5.77. The number of aryl methyl sites for hydroxylation is 2. The van der Waals surface area contributed by atoms with Gasteiger partial charge < -0.3 is 5.73 Å². The largest absolute Gasteiger partial charge is 0.323 e. The van der Waals surface area contributed by atoms with Gasteiger partial charge in [-0.1, -0.05) is 51.9 Å². The van der Waals surface area contributed by atoms with E-state index in [1.165, 1.54) is 81.9 Å². The quantitative estimate of drug-likeness (QED) is 0.478. The fourth-order valence-corrected chi connectivity index (χ4v) is 4.45. The van der Waals surface area contributed by atoms with Crippen LogP contribution in [-0.2, 0) is 12.8 Å². The number of fused-ring (bicyclic) bond motifs is 1. The molecule has 1 atom stereocenters. The van der Waals surface area contributed by atoms with Gasteiger partial charge in [-0.3, -0.25) is 0 Å². The van der Waals surface area contributed by atoms with Gasteiger partial charge in [-0.2, -0.15) is 0 Å². The van der Waals surface area contributed by atoms with E-state index < -0.39 is 0 Å². The van der Waals surface area contributed by atoms with Crippen LogP contribution in [0.25, 0.3) is 0 Å². The zero-order valence-electron chi connectivity index (χ0n) is 13.1. The number of hydrogen-bond acceptors (Lipinski definition) is 2. The van der Waals surface area contributed by atoms with Crippen molar-refractivity contribution < 1.29 is 0 Å². The smallest absolute Gasteiger partial charge is 0.0389 e. The molecule has 1 aromatic rings. The van der Waals surface area contributed by atoms with Crippen LogP contribution in [0.2, 0.25) is 0 Å².